The molecule has 1 aliphatic carbocycles. The van der Waals surface area contributed by atoms with Crippen molar-refractivity contribution in [2.45, 2.75) is 51.5 Å². The number of hydrogen-bond acceptors (Lipinski definition) is 5. The monoisotopic (exact) mass is 371 g/mol. The maximum absolute atomic E-state index is 12.0. The van der Waals surface area contributed by atoms with Crippen LogP contribution in [0.5, 0.6) is 0 Å². The lowest BCUT2D eigenvalue weighted by molar-refractivity contribution is -0.118. The Hall–Kier alpha value is -2.41. The van der Waals surface area contributed by atoms with Crippen molar-refractivity contribution in [2.24, 2.45) is 5.73 Å². The topological polar surface area (TPSA) is 91.1 Å². The number of aryl methyl sites for hydroxylation is 1. The normalized spacial score (nSPS) is 15.1. The zero-order valence-corrected chi connectivity index (χ0v) is 15.5. The summed E-state index contributed by atoms with van der Waals surface area (Å²) in [7, 11) is 0. The quantitative estimate of drug-likeness (QED) is 0.744. The fourth-order valence-electron chi connectivity index (χ4n) is 3.73. The third-order valence-electron chi connectivity index (χ3n) is 4.99. The molecular weight excluding hydrogens is 350 g/mol. The summed E-state index contributed by atoms with van der Waals surface area (Å²) in [4.78, 5) is 29.3. The Kier molecular flexibility index (Phi) is 4.40. The van der Waals surface area contributed by atoms with E-state index in [0.717, 1.165) is 17.0 Å². The molecule has 1 amide bonds. The molecule has 136 valence electrons. The Morgan fingerprint density at radius 1 is 1.38 bits per heavy atom. The molecule has 2 heterocycles. The van der Waals surface area contributed by atoms with Crippen LogP contribution >= 0.6 is 11.3 Å². The molecule has 0 saturated heterocycles. The molecule has 0 bridgehead atoms. The molecule has 1 saturated carbocycles. The van der Waals surface area contributed by atoms with Gasteiger partial charge in [0.2, 0.25) is 5.91 Å². The average Bonchev–Trinajstić information content (AvgIpc) is 3.33. The van der Waals surface area contributed by atoms with Crippen LogP contribution < -0.4 is 11.5 Å². The Bertz CT molecular complexity index is 1020. The minimum absolute atomic E-state index is 0.182. The molecule has 0 aliphatic heterocycles. The number of aromatic nitrogens is 2. The first-order chi connectivity index (χ1) is 12.6. The van der Waals surface area contributed by atoms with Gasteiger partial charge >= 0.3 is 5.76 Å². The van der Waals surface area contributed by atoms with Crippen LogP contribution in [0.25, 0.3) is 21.5 Å². The van der Waals surface area contributed by atoms with Crippen molar-refractivity contribution in [3.05, 3.63) is 39.5 Å². The summed E-state index contributed by atoms with van der Waals surface area (Å²) in [6, 6.07) is 5.67. The maximum atomic E-state index is 12.0. The highest BCUT2D eigenvalue weighted by molar-refractivity contribution is 7.15. The molecule has 1 aromatic carbocycles. The zero-order valence-electron chi connectivity index (χ0n) is 14.7. The van der Waals surface area contributed by atoms with Gasteiger partial charge in [0, 0.05) is 5.92 Å². The second-order valence-electron chi connectivity index (χ2n) is 6.76. The van der Waals surface area contributed by atoms with Crippen molar-refractivity contribution in [3.63, 3.8) is 0 Å². The molecule has 7 heteroatoms. The number of fused-ring (bicyclic) bond motifs is 1. The summed E-state index contributed by atoms with van der Waals surface area (Å²) in [6.45, 7) is 1.94. The van der Waals surface area contributed by atoms with E-state index < -0.39 is 11.7 Å². The molecule has 0 atom stereocenters. The molecule has 1 aliphatic rings. The van der Waals surface area contributed by atoms with E-state index >= 15 is 0 Å². The first kappa shape index (κ1) is 17.0. The fraction of sp³-hybridized carbons (Fsp3) is 0.421. The minimum atomic E-state index is -0.572. The summed E-state index contributed by atoms with van der Waals surface area (Å²) in [6.07, 6.45) is 5.80. The molecular formula is C19H21N3O3S. The minimum Gasteiger partial charge on any atom is -0.408 e. The van der Waals surface area contributed by atoms with Crippen molar-refractivity contribution in [1.82, 2.24) is 9.55 Å². The Morgan fingerprint density at radius 3 is 2.85 bits per heavy atom. The molecule has 26 heavy (non-hydrogen) atoms. The molecule has 0 spiro atoms. The van der Waals surface area contributed by atoms with Crippen molar-refractivity contribution < 1.29 is 9.21 Å². The number of nitrogens with two attached hydrogens (primary N) is 1. The Labute approximate surface area is 154 Å². The Morgan fingerprint density at radius 2 is 2.15 bits per heavy atom. The number of thiazole rings is 1. The molecule has 4 rings (SSSR count). The van der Waals surface area contributed by atoms with Crippen LogP contribution in [0.15, 0.2) is 27.4 Å². The molecule has 0 unspecified atom stereocenters. The fourth-order valence-corrected chi connectivity index (χ4v) is 4.81. The highest BCUT2D eigenvalue weighted by Crippen LogP contribution is 2.42. The van der Waals surface area contributed by atoms with Gasteiger partial charge in [-0.25, -0.2) is 9.78 Å². The molecule has 2 N–H and O–H groups in total. The number of primary amides is 1. The van der Waals surface area contributed by atoms with E-state index in [-0.39, 0.29) is 6.54 Å². The van der Waals surface area contributed by atoms with E-state index in [4.69, 9.17) is 15.1 Å². The number of oxazole rings is 1. The molecule has 0 radical (unpaired) electrons. The molecule has 1 fully saturated rings. The van der Waals surface area contributed by atoms with Gasteiger partial charge < -0.3 is 10.2 Å². The van der Waals surface area contributed by atoms with Crippen LogP contribution in [-0.4, -0.2) is 15.5 Å². The number of carbonyl (C=O) groups excluding carboxylic acids is 1. The maximum Gasteiger partial charge on any atom is 0.420 e. The van der Waals surface area contributed by atoms with Gasteiger partial charge in [-0.1, -0.05) is 25.8 Å². The van der Waals surface area contributed by atoms with Crippen molar-refractivity contribution in [3.8, 4) is 10.4 Å². The third-order valence-corrected chi connectivity index (χ3v) is 6.25. The highest BCUT2D eigenvalue weighted by Gasteiger charge is 2.25. The standard InChI is InChI=1S/C19H21N3O3S/c1-2-16-21-17(11-5-3-4-6-11)18(26-16)12-7-8-13-14(9-12)25-19(24)22(13)10-15(20)23/h7-9,11H,2-6,10H2,1H3,(H2,20,23). The van der Waals surface area contributed by atoms with Gasteiger partial charge in [-0.15, -0.1) is 11.3 Å². The lowest BCUT2D eigenvalue weighted by Crippen LogP contribution is -2.24. The van der Waals surface area contributed by atoms with Gasteiger partial charge in [0.1, 0.15) is 6.54 Å². The Balaban J connectivity index is 1.81. The second kappa shape index (κ2) is 6.72. The summed E-state index contributed by atoms with van der Waals surface area (Å²) >= 11 is 1.72. The highest BCUT2D eigenvalue weighted by atomic mass is 32.1. The first-order valence-corrected chi connectivity index (χ1v) is 9.80. The number of carbonyl (C=O) groups is 1. The lowest BCUT2D eigenvalue weighted by Gasteiger charge is -2.09. The van der Waals surface area contributed by atoms with Crippen LogP contribution in [0.4, 0.5) is 0 Å². The number of amides is 1. The molecule has 3 aromatic rings. The van der Waals surface area contributed by atoms with Crippen LogP contribution in [0.3, 0.4) is 0 Å². The SMILES string of the molecule is CCc1nc(C2CCCC2)c(-c2ccc3c(c2)oc(=O)n3CC(N)=O)s1. The summed E-state index contributed by atoms with van der Waals surface area (Å²) in [5.41, 5.74) is 8.47. The summed E-state index contributed by atoms with van der Waals surface area (Å²) < 4.78 is 6.61. The van der Waals surface area contributed by atoms with Crippen LogP contribution in [0, 0.1) is 0 Å². The summed E-state index contributed by atoms with van der Waals surface area (Å²) in [5, 5.41) is 1.13. The number of benzene rings is 1. The van der Waals surface area contributed by atoms with Gasteiger partial charge in [0.25, 0.3) is 0 Å². The predicted molar refractivity (Wildman–Crippen MR) is 101 cm³/mol. The largest absolute Gasteiger partial charge is 0.420 e. The molecule has 6 nitrogen and oxygen atoms in total. The smallest absolute Gasteiger partial charge is 0.408 e. The van der Waals surface area contributed by atoms with E-state index in [2.05, 4.69) is 6.92 Å². The lowest BCUT2D eigenvalue weighted by atomic mass is 10.00. The van der Waals surface area contributed by atoms with Crippen molar-refractivity contribution in [1.29, 1.82) is 0 Å². The van der Waals surface area contributed by atoms with E-state index in [9.17, 15) is 9.59 Å². The van der Waals surface area contributed by atoms with Crippen LogP contribution in [-0.2, 0) is 17.8 Å². The van der Waals surface area contributed by atoms with E-state index in [0.29, 0.717) is 17.0 Å². The van der Waals surface area contributed by atoms with Gasteiger partial charge in [0.05, 0.1) is 21.1 Å². The van der Waals surface area contributed by atoms with Crippen LogP contribution in [0.1, 0.15) is 49.2 Å². The first-order valence-electron chi connectivity index (χ1n) is 8.98. The average molecular weight is 371 g/mol. The van der Waals surface area contributed by atoms with E-state index in [1.54, 1.807) is 11.3 Å². The zero-order chi connectivity index (χ0) is 18.3. The van der Waals surface area contributed by atoms with Gasteiger partial charge in [-0.3, -0.25) is 9.36 Å². The number of nitrogens with zero attached hydrogens (tertiary/aromatic N) is 2. The van der Waals surface area contributed by atoms with Crippen molar-refractivity contribution >= 4 is 28.3 Å². The predicted octanol–water partition coefficient (Wildman–Crippen LogP) is 3.42. The number of rotatable bonds is 5. The number of hydrogen-bond donors (Lipinski definition) is 1. The molecule has 2 aromatic heterocycles. The van der Waals surface area contributed by atoms with E-state index in [1.165, 1.54) is 40.8 Å². The van der Waals surface area contributed by atoms with Gasteiger partial charge in [-0.05, 0) is 37.0 Å². The van der Waals surface area contributed by atoms with Gasteiger partial charge in [-0.2, -0.15) is 0 Å². The summed E-state index contributed by atoms with van der Waals surface area (Å²) in [5.74, 6) is -0.619. The van der Waals surface area contributed by atoms with Gasteiger partial charge in [0.15, 0.2) is 5.58 Å². The van der Waals surface area contributed by atoms with Crippen LogP contribution in [0.2, 0.25) is 0 Å². The van der Waals surface area contributed by atoms with E-state index in [1.807, 2.05) is 18.2 Å². The van der Waals surface area contributed by atoms with Crippen molar-refractivity contribution in [2.75, 3.05) is 0 Å². The second-order valence-corrected chi connectivity index (χ2v) is 7.84. The third kappa shape index (κ3) is 2.96.